The molecule has 1 aromatic carbocycles. The van der Waals surface area contributed by atoms with E-state index in [0.717, 1.165) is 32.5 Å². The summed E-state index contributed by atoms with van der Waals surface area (Å²) in [6.07, 6.45) is 2.52. The van der Waals surface area contributed by atoms with Crippen LogP contribution in [0.25, 0.3) is 0 Å². The summed E-state index contributed by atoms with van der Waals surface area (Å²) >= 11 is 0. The molecule has 0 aliphatic carbocycles. The van der Waals surface area contributed by atoms with Crippen molar-refractivity contribution in [1.82, 2.24) is 9.80 Å². The van der Waals surface area contributed by atoms with Crippen molar-refractivity contribution in [2.45, 2.75) is 38.3 Å². The molecule has 0 aromatic heterocycles. The van der Waals surface area contributed by atoms with E-state index in [-0.39, 0.29) is 18.4 Å². The van der Waals surface area contributed by atoms with Gasteiger partial charge >= 0.3 is 5.97 Å². The van der Waals surface area contributed by atoms with Crippen molar-refractivity contribution in [2.75, 3.05) is 32.8 Å². The molecule has 2 saturated heterocycles. The monoisotopic (exact) mass is 360 g/mol. The van der Waals surface area contributed by atoms with Crippen molar-refractivity contribution in [1.29, 1.82) is 0 Å². The van der Waals surface area contributed by atoms with E-state index >= 15 is 0 Å². The largest absolute Gasteiger partial charge is 0.481 e. The smallest absolute Gasteiger partial charge is 0.305 e. The SMILES string of the molecule is O=C(O)C[C@H]1COCCN1C(=O)CC1CCN(Cc2ccccc2)CC1. The highest BCUT2D eigenvalue weighted by Gasteiger charge is 2.31. The van der Waals surface area contributed by atoms with Gasteiger partial charge in [0.2, 0.25) is 5.91 Å². The first-order chi connectivity index (χ1) is 12.6. The number of nitrogens with zero attached hydrogens (tertiary/aromatic N) is 2. The molecule has 0 unspecified atom stereocenters. The fourth-order valence-corrected chi connectivity index (χ4v) is 3.91. The van der Waals surface area contributed by atoms with Crippen molar-refractivity contribution >= 4 is 11.9 Å². The summed E-state index contributed by atoms with van der Waals surface area (Å²) in [5.74, 6) is -0.406. The highest BCUT2D eigenvalue weighted by atomic mass is 16.5. The van der Waals surface area contributed by atoms with Crippen LogP contribution in [0.4, 0.5) is 0 Å². The normalized spacial score (nSPS) is 22.3. The third kappa shape index (κ3) is 5.29. The lowest BCUT2D eigenvalue weighted by Crippen LogP contribution is -2.50. The van der Waals surface area contributed by atoms with Crippen LogP contribution in [0.2, 0.25) is 0 Å². The topological polar surface area (TPSA) is 70.1 Å². The standard InChI is InChI=1S/C20H28N2O4/c23-19(22-10-11-26-15-18(22)13-20(24)25)12-16-6-8-21(9-7-16)14-17-4-2-1-3-5-17/h1-5,16,18H,6-15H2,(H,24,25)/t18-/m0/s1. The number of hydrogen-bond acceptors (Lipinski definition) is 4. The fourth-order valence-electron chi connectivity index (χ4n) is 3.91. The molecule has 1 atom stereocenters. The molecule has 2 aliphatic rings. The zero-order valence-electron chi connectivity index (χ0n) is 15.2. The number of rotatable bonds is 6. The van der Waals surface area contributed by atoms with Gasteiger partial charge in [0.25, 0.3) is 0 Å². The molecule has 3 rings (SSSR count). The van der Waals surface area contributed by atoms with E-state index in [9.17, 15) is 9.59 Å². The molecule has 0 bridgehead atoms. The van der Waals surface area contributed by atoms with E-state index in [0.29, 0.717) is 32.1 Å². The van der Waals surface area contributed by atoms with Crippen molar-refractivity contribution in [3.63, 3.8) is 0 Å². The minimum atomic E-state index is -0.882. The summed E-state index contributed by atoms with van der Waals surface area (Å²) in [5, 5.41) is 9.04. The molecule has 6 heteroatoms. The second kappa shape index (κ2) is 9.14. The van der Waals surface area contributed by atoms with Gasteiger partial charge in [0.05, 0.1) is 25.7 Å². The minimum Gasteiger partial charge on any atom is -0.481 e. The number of carboxylic acids is 1. The maximum absolute atomic E-state index is 12.7. The molecular weight excluding hydrogens is 332 g/mol. The van der Waals surface area contributed by atoms with Gasteiger partial charge in [0.1, 0.15) is 0 Å². The molecule has 0 saturated carbocycles. The van der Waals surface area contributed by atoms with E-state index in [1.54, 1.807) is 4.90 Å². The lowest BCUT2D eigenvalue weighted by molar-refractivity contribution is -0.147. The van der Waals surface area contributed by atoms with Gasteiger partial charge in [-0.15, -0.1) is 0 Å². The Bertz CT molecular complexity index is 599. The average molecular weight is 360 g/mol. The predicted octanol–water partition coefficient (Wildman–Crippen LogP) is 1.99. The Labute approximate surface area is 154 Å². The molecular formula is C20H28N2O4. The summed E-state index contributed by atoms with van der Waals surface area (Å²) in [7, 11) is 0. The molecule has 6 nitrogen and oxygen atoms in total. The molecule has 142 valence electrons. The molecule has 2 fully saturated rings. The Balaban J connectivity index is 1.46. The number of amides is 1. The molecule has 0 spiro atoms. The third-order valence-corrected chi connectivity index (χ3v) is 5.38. The van der Waals surface area contributed by atoms with Crippen LogP contribution in [-0.4, -0.2) is 65.7 Å². The Morgan fingerprint density at radius 2 is 1.81 bits per heavy atom. The Morgan fingerprint density at radius 3 is 2.50 bits per heavy atom. The zero-order chi connectivity index (χ0) is 18.4. The first kappa shape index (κ1) is 18.9. The summed E-state index contributed by atoms with van der Waals surface area (Å²) in [4.78, 5) is 27.9. The van der Waals surface area contributed by atoms with Gasteiger partial charge < -0.3 is 14.7 Å². The number of carbonyl (C=O) groups excluding carboxylic acids is 1. The van der Waals surface area contributed by atoms with Crippen LogP contribution in [0.3, 0.4) is 0 Å². The highest BCUT2D eigenvalue weighted by Crippen LogP contribution is 2.24. The first-order valence-corrected chi connectivity index (χ1v) is 9.47. The Hall–Kier alpha value is -1.92. The summed E-state index contributed by atoms with van der Waals surface area (Å²) in [6, 6.07) is 10.1. The quantitative estimate of drug-likeness (QED) is 0.840. The number of aliphatic carboxylic acids is 1. The van der Waals surface area contributed by atoms with Gasteiger partial charge in [-0.25, -0.2) is 0 Å². The Morgan fingerprint density at radius 1 is 1.08 bits per heavy atom. The van der Waals surface area contributed by atoms with E-state index in [2.05, 4.69) is 29.2 Å². The summed E-state index contributed by atoms with van der Waals surface area (Å²) in [5.41, 5.74) is 1.33. The van der Waals surface area contributed by atoms with Crippen molar-refractivity contribution < 1.29 is 19.4 Å². The second-order valence-corrected chi connectivity index (χ2v) is 7.32. The van der Waals surface area contributed by atoms with Crippen molar-refractivity contribution in [3.8, 4) is 0 Å². The van der Waals surface area contributed by atoms with Crippen molar-refractivity contribution in [3.05, 3.63) is 35.9 Å². The first-order valence-electron chi connectivity index (χ1n) is 9.47. The van der Waals surface area contributed by atoms with Crippen LogP contribution in [0.15, 0.2) is 30.3 Å². The number of hydrogen-bond donors (Lipinski definition) is 1. The number of likely N-dealkylation sites (tertiary alicyclic amines) is 1. The number of ether oxygens (including phenoxy) is 1. The minimum absolute atomic E-state index is 0.0404. The molecule has 1 aromatic rings. The van der Waals surface area contributed by atoms with Crippen LogP contribution < -0.4 is 0 Å². The van der Waals surface area contributed by atoms with Crippen molar-refractivity contribution in [2.24, 2.45) is 5.92 Å². The number of carbonyl (C=O) groups is 2. The lowest BCUT2D eigenvalue weighted by Gasteiger charge is -2.37. The van der Waals surface area contributed by atoms with Crippen LogP contribution in [0.5, 0.6) is 0 Å². The van der Waals surface area contributed by atoms with E-state index in [1.165, 1.54) is 5.56 Å². The van der Waals surface area contributed by atoms with Crippen LogP contribution in [0, 0.1) is 5.92 Å². The molecule has 26 heavy (non-hydrogen) atoms. The van der Waals surface area contributed by atoms with Gasteiger partial charge in [-0.3, -0.25) is 14.5 Å². The van der Waals surface area contributed by atoms with Crippen LogP contribution in [0.1, 0.15) is 31.2 Å². The third-order valence-electron chi connectivity index (χ3n) is 5.38. The second-order valence-electron chi connectivity index (χ2n) is 7.32. The van der Waals surface area contributed by atoms with E-state index in [4.69, 9.17) is 9.84 Å². The molecule has 0 radical (unpaired) electrons. The Kier molecular flexibility index (Phi) is 6.63. The maximum atomic E-state index is 12.7. The van der Waals surface area contributed by atoms with Gasteiger partial charge in [-0.05, 0) is 37.4 Å². The summed E-state index contributed by atoms with van der Waals surface area (Å²) < 4.78 is 5.36. The van der Waals surface area contributed by atoms with Crippen LogP contribution >= 0.6 is 0 Å². The summed E-state index contributed by atoms with van der Waals surface area (Å²) in [6.45, 7) is 4.31. The number of piperidine rings is 1. The average Bonchev–Trinajstić information content (AvgIpc) is 2.64. The zero-order valence-corrected chi connectivity index (χ0v) is 15.2. The van der Waals surface area contributed by atoms with Gasteiger partial charge in [-0.1, -0.05) is 30.3 Å². The van der Waals surface area contributed by atoms with Gasteiger partial charge in [0.15, 0.2) is 0 Å². The molecule has 2 aliphatic heterocycles. The van der Waals surface area contributed by atoms with E-state index in [1.807, 2.05) is 6.07 Å². The highest BCUT2D eigenvalue weighted by molar-refractivity contribution is 5.78. The van der Waals surface area contributed by atoms with Gasteiger partial charge in [-0.2, -0.15) is 0 Å². The predicted molar refractivity (Wildman–Crippen MR) is 97.6 cm³/mol. The van der Waals surface area contributed by atoms with E-state index < -0.39 is 5.97 Å². The molecule has 1 amide bonds. The number of carboxylic acid groups (broad SMARTS) is 1. The lowest BCUT2D eigenvalue weighted by atomic mass is 9.92. The fraction of sp³-hybridized carbons (Fsp3) is 0.600. The maximum Gasteiger partial charge on any atom is 0.305 e. The molecule has 1 N–H and O–H groups in total. The number of morpholine rings is 1. The molecule has 2 heterocycles. The number of benzene rings is 1. The van der Waals surface area contributed by atoms with Gasteiger partial charge in [0, 0.05) is 19.5 Å². The van der Waals surface area contributed by atoms with Crippen LogP contribution in [-0.2, 0) is 20.9 Å².